The molecule has 0 spiro atoms. The summed E-state index contributed by atoms with van der Waals surface area (Å²) >= 11 is 0. The van der Waals surface area contributed by atoms with Gasteiger partial charge < -0.3 is 20.5 Å². The molecule has 1 heterocycles. The summed E-state index contributed by atoms with van der Waals surface area (Å²) in [5.41, 5.74) is 5.54. The molecule has 0 fully saturated rings. The molecule has 96 valence electrons. The Morgan fingerprint density at radius 1 is 1.59 bits per heavy atom. The quantitative estimate of drug-likeness (QED) is 0.715. The van der Waals surface area contributed by atoms with Crippen molar-refractivity contribution in [1.29, 1.82) is 0 Å². The first-order valence-electron chi connectivity index (χ1n) is 5.73. The summed E-state index contributed by atoms with van der Waals surface area (Å²) in [5.74, 6) is 1.45. The maximum Gasteiger partial charge on any atom is 0.127 e. The molecule has 0 unspecified atom stereocenters. The van der Waals surface area contributed by atoms with Gasteiger partial charge in [0.2, 0.25) is 0 Å². The van der Waals surface area contributed by atoms with Gasteiger partial charge in [-0.15, -0.1) is 0 Å². The lowest BCUT2D eigenvalue weighted by molar-refractivity contribution is -0.00906. The molecule has 0 saturated heterocycles. The van der Waals surface area contributed by atoms with Crippen LogP contribution in [0.5, 0.6) is 0 Å². The molecule has 0 aromatic rings. The third-order valence-electron chi connectivity index (χ3n) is 2.28. The van der Waals surface area contributed by atoms with Crippen LogP contribution in [0.25, 0.3) is 0 Å². The van der Waals surface area contributed by atoms with Gasteiger partial charge in [0.1, 0.15) is 11.7 Å². The van der Waals surface area contributed by atoms with Crippen LogP contribution in [0.2, 0.25) is 0 Å². The van der Waals surface area contributed by atoms with Gasteiger partial charge in [0, 0.05) is 12.8 Å². The predicted molar refractivity (Wildman–Crippen MR) is 68.3 cm³/mol. The fourth-order valence-electron chi connectivity index (χ4n) is 1.38. The summed E-state index contributed by atoms with van der Waals surface area (Å²) in [4.78, 5) is 5.87. The lowest BCUT2D eigenvalue weighted by Crippen LogP contribution is -2.34. The number of nitrogens with two attached hydrogens (primary N) is 1. The molecule has 1 rings (SSSR count). The molecular weight excluding hydrogens is 218 g/mol. The van der Waals surface area contributed by atoms with Crippen LogP contribution in [0.3, 0.4) is 0 Å². The largest absolute Gasteiger partial charge is 0.394 e. The summed E-state index contributed by atoms with van der Waals surface area (Å²) < 4.78 is 5.58. The van der Waals surface area contributed by atoms with Crippen molar-refractivity contribution < 1.29 is 9.84 Å². The van der Waals surface area contributed by atoms with Gasteiger partial charge in [-0.25, -0.2) is 4.99 Å². The molecule has 1 aliphatic rings. The van der Waals surface area contributed by atoms with E-state index in [2.05, 4.69) is 25.4 Å². The van der Waals surface area contributed by atoms with Crippen molar-refractivity contribution in [2.75, 3.05) is 19.8 Å². The SMILES string of the molecule is C=C1N=C(N)C=CN1C[C@@H](CO)OCC(C)C. The molecule has 0 amide bonds. The van der Waals surface area contributed by atoms with Crippen molar-refractivity contribution in [2.45, 2.75) is 20.0 Å². The van der Waals surface area contributed by atoms with E-state index in [0.29, 0.717) is 30.7 Å². The van der Waals surface area contributed by atoms with Crippen molar-refractivity contribution in [2.24, 2.45) is 16.6 Å². The standard InChI is InChI=1S/C12H21N3O2/c1-9(2)8-17-11(7-16)6-15-5-4-12(13)14-10(15)3/h4-5,9,11,16H,3,6-8H2,1-2H3,(H2,13,14)/t11-/m0/s1. The third kappa shape index (κ3) is 4.58. The molecule has 0 aliphatic carbocycles. The van der Waals surface area contributed by atoms with Crippen molar-refractivity contribution in [3.8, 4) is 0 Å². The Labute approximate surface area is 102 Å². The highest BCUT2D eigenvalue weighted by Gasteiger charge is 2.16. The van der Waals surface area contributed by atoms with Gasteiger partial charge in [-0.1, -0.05) is 20.4 Å². The van der Waals surface area contributed by atoms with Crippen LogP contribution >= 0.6 is 0 Å². The van der Waals surface area contributed by atoms with E-state index in [1.54, 1.807) is 12.3 Å². The minimum atomic E-state index is -0.242. The lowest BCUT2D eigenvalue weighted by atomic mass is 10.2. The van der Waals surface area contributed by atoms with Gasteiger partial charge >= 0.3 is 0 Å². The number of rotatable bonds is 6. The number of aliphatic hydroxyl groups excluding tert-OH is 1. The highest BCUT2D eigenvalue weighted by molar-refractivity contribution is 5.92. The van der Waals surface area contributed by atoms with Crippen LogP contribution in [0.1, 0.15) is 13.8 Å². The second-order valence-corrected chi connectivity index (χ2v) is 4.45. The topological polar surface area (TPSA) is 71.1 Å². The monoisotopic (exact) mass is 239 g/mol. The van der Waals surface area contributed by atoms with Crippen molar-refractivity contribution in [3.63, 3.8) is 0 Å². The van der Waals surface area contributed by atoms with Crippen LogP contribution in [0, 0.1) is 5.92 Å². The Hall–Kier alpha value is -1.33. The Morgan fingerprint density at radius 2 is 2.29 bits per heavy atom. The minimum absolute atomic E-state index is 0.0243. The second kappa shape index (κ2) is 6.42. The molecule has 5 heteroatoms. The smallest absolute Gasteiger partial charge is 0.127 e. The zero-order valence-corrected chi connectivity index (χ0v) is 10.5. The Morgan fingerprint density at radius 3 is 2.82 bits per heavy atom. The van der Waals surface area contributed by atoms with Crippen molar-refractivity contribution in [1.82, 2.24) is 4.90 Å². The normalized spacial score (nSPS) is 17.5. The highest BCUT2D eigenvalue weighted by Crippen LogP contribution is 2.11. The van der Waals surface area contributed by atoms with Gasteiger partial charge in [0.05, 0.1) is 19.3 Å². The van der Waals surface area contributed by atoms with Crippen LogP contribution in [0.15, 0.2) is 29.7 Å². The van der Waals surface area contributed by atoms with Gasteiger partial charge in [-0.3, -0.25) is 0 Å². The van der Waals surface area contributed by atoms with Crippen LogP contribution in [-0.2, 0) is 4.74 Å². The van der Waals surface area contributed by atoms with E-state index in [1.165, 1.54) is 0 Å². The summed E-state index contributed by atoms with van der Waals surface area (Å²) in [6, 6.07) is 0. The van der Waals surface area contributed by atoms with E-state index < -0.39 is 0 Å². The minimum Gasteiger partial charge on any atom is -0.394 e. The summed E-state index contributed by atoms with van der Waals surface area (Å²) in [7, 11) is 0. The van der Waals surface area contributed by atoms with E-state index in [0.717, 1.165) is 0 Å². The molecule has 0 saturated carbocycles. The Bertz CT molecular complexity index is 324. The number of hydrogen-bond donors (Lipinski definition) is 2. The van der Waals surface area contributed by atoms with Gasteiger partial charge in [-0.2, -0.15) is 0 Å². The third-order valence-corrected chi connectivity index (χ3v) is 2.28. The molecule has 5 nitrogen and oxygen atoms in total. The molecule has 3 N–H and O–H groups in total. The van der Waals surface area contributed by atoms with E-state index in [1.807, 2.05) is 4.90 Å². The number of ether oxygens (including phenoxy) is 1. The summed E-state index contributed by atoms with van der Waals surface area (Å²) in [6.07, 6.45) is 3.26. The number of amidine groups is 1. The zero-order valence-electron chi connectivity index (χ0n) is 10.5. The van der Waals surface area contributed by atoms with Crippen LogP contribution in [0.4, 0.5) is 0 Å². The second-order valence-electron chi connectivity index (χ2n) is 4.45. The number of hydrogen-bond acceptors (Lipinski definition) is 5. The van der Waals surface area contributed by atoms with E-state index in [-0.39, 0.29) is 12.7 Å². The van der Waals surface area contributed by atoms with Gasteiger partial charge in [0.25, 0.3) is 0 Å². The average Bonchev–Trinajstić information content (AvgIpc) is 2.26. The molecular formula is C12H21N3O2. The van der Waals surface area contributed by atoms with Crippen LogP contribution < -0.4 is 5.73 Å². The molecule has 0 radical (unpaired) electrons. The fraction of sp³-hybridized carbons (Fsp3) is 0.583. The highest BCUT2D eigenvalue weighted by atomic mass is 16.5. The van der Waals surface area contributed by atoms with Crippen LogP contribution in [-0.4, -0.2) is 41.7 Å². The molecule has 0 aromatic heterocycles. The molecule has 0 aromatic carbocycles. The maximum absolute atomic E-state index is 9.24. The predicted octanol–water partition coefficient (Wildman–Crippen LogP) is 0.678. The first kappa shape index (κ1) is 13.7. The first-order valence-corrected chi connectivity index (χ1v) is 5.73. The van der Waals surface area contributed by atoms with E-state index >= 15 is 0 Å². The Kier molecular flexibility index (Phi) is 5.18. The number of aliphatic imine (C=N–C) groups is 1. The summed E-state index contributed by atoms with van der Waals surface area (Å²) in [6.45, 7) is 9.06. The maximum atomic E-state index is 9.24. The first-order chi connectivity index (χ1) is 8.02. The van der Waals surface area contributed by atoms with E-state index in [4.69, 9.17) is 10.5 Å². The fourth-order valence-corrected chi connectivity index (χ4v) is 1.38. The molecule has 1 aliphatic heterocycles. The van der Waals surface area contributed by atoms with Crippen molar-refractivity contribution >= 4 is 5.84 Å². The molecule has 0 bridgehead atoms. The van der Waals surface area contributed by atoms with E-state index in [9.17, 15) is 5.11 Å². The van der Waals surface area contributed by atoms with Gasteiger partial charge in [0.15, 0.2) is 0 Å². The lowest BCUT2D eigenvalue weighted by Gasteiger charge is -2.27. The Balaban J connectivity index is 2.46. The average molecular weight is 239 g/mol. The molecule has 17 heavy (non-hydrogen) atoms. The number of nitrogens with zero attached hydrogens (tertiary/aromatic N) is 2. The van der Waals surface area contributed by atoms with Gasteiger partial charge in [-0.05, 0) is 12.0 Å². The molecule has 1 atom stereocenters. The summed E-state index contributed by atoms with van der Waals surface area (Å²) in [5, 5.41) is 9.24. The zero-order chi connectivity index (χ0) is 12.8. The number of aliphatic hydroxyl groups is 1. The van der Waals surface area contributed by atoms with Crippen molar-refractivity contribution in [3.05, 3.63) is 24.7 Å².